The molecule has 0 aromatic heterocycles. The molecule has 29 heavy (non-hydrogen) atoms. The van der Waals surface area contributed by atoms with Crippen LogP contribution in [0.5, 0.6) is 23.0 Å². The molecule has 0 bridgehead atoms. The second-order valence-corrected chi connectivity index (χ2v) is 6.41. The molecule has 5 nitrogen and oxygen atoms in total. The molecule has 5 heteroatoms. The Morgan fingerprint density at radius 1 is 0.759 bits per heavy atom. The fourth-order valence-electron chi connectivity index (χ4n) is 2.97. The number of methoxy groups -OCH3 is 3. The molecule has 3 aromatic rings. The van der Waals surface area contributed by atoms with Crippen molar-refractivity contribution in [1.82, 2.24) is 0 Å². The maximum absolute atomic E-state index is 11.4. The average molecular weight is 392 g/mol. The van der Waals surface area contributed by atoms with Gasteiger partial charge in [-0.15, -0.1) is 0 Å². The van der Waals surface area contributed by atoms with Gasteiger partial charge in [-0.2, -0.15) is 0 Å². The molecular weight excluding hydrogens is 368 g/mol. The van der Waals surface area contributed by atoms with Gasteiger partial charge in [0.1, 0.15) is 23.0 Å². The van der Waals surface area contributed by atoms with E-state index in [1.807, 2.05) is 66.7 Å². The maximum Gasteiger partial charge on any atom is 0.305 e. The number of para-hydroxylation sites is 1. The second-order valence-electron chi connectivity index (χ2n) is 6.41. The standard InChI is InChI=1S/C24H24O5/c1-26-21-14-19(15-22(16-21)27-2)17-8-11-20(12-9-17)29-23-7-5-4-6-18(23)10-13-24(25)28-3/h4-9,11-12,14-16H,10,13H2,1-3H3. The Morgan fingerprint density at radius 2 is 1.41 bits per heavy atom. The minimum atomic E-state index is -0.238. The van der Waals surface area contributed by atoms with Crippen LogP contribution >= 0.6 is 0 Å². The van der Waals surface area contributed by atoms with Crippen LogP contribution in [0, 0.1) is 0 Å². The largest absolute Gasteiger partial charge is 0.497 e. The van der Waals surface area contributed by atoms with Gasteiger partial charge in [0.05, 0.1) is 21.3 Å². The van der Waals surface area contributed by atoms with Crippen LogP contribution in [0.25, 0.3) is 11.1 Å². The third-order valence-electron chi connectivity index (χ3n) is 4.57. The zero-order valence-corrected chi connectivity index (χ0v) is 16.8. The Morgan fingerprint density at radius 3 is 2.03 bits per heavy atom. The Balaban J connectivity index is 1.78. The lowest BCUT2D eigenvalue weighted by molar-refractivity contribution is -0.140. The van der Waals surface area contributed by atoms with Gasteiger partial charge in [-0.3, -0.25) is 4.79 Å². The monoisotopic (exact) mass is 392 g/mol. The van der Waals surface area contributed by atoms with Crippen molar-refractivity contribution >= 4 is 5.97 Å². The van der Waals surface area contributed by atoms with Gasteiger partial charge in [0.25, 0.3) is 0 Å². The van der Waals surface area contributed by atoms with E-state index in [1.165, 1.54) is 7.11 Å². The number of hydrogen-bond acceptors (Lipinski definition) is 5. The molecule has 0 aliphatic rings. The predicted octanol–water partition coefficient (Wildman–Crippen LogP) is 5.27. The van der Waals surface area contributed by atoms with Crippen LogP contribution in [0.2, 0.25) is 0 Å². The number of ether oxygens (including phenoxy) is 4. The molecule has 3 aromatic carbocycles. The summed E-state index contributed by atoms with van der Waals surface area (Å²) in [5, 5.41) is 0. The van der Waals surface area contributed by atoms with Crippen LogP contribution in [-0.4, -0.2) is 27.3 Å². The number of carbonyl (C=O) groups is 1. The van der Waals surface area contributed by atoms with Gasteiger partial charge in [-0.25, -0.2) is 0 Å². The van der Waals surface area contributed by atoms with Crippen LogP contribution in [0.4, 0.5) is 0 Å². The smallest absolute Gasteiger partial charge is 0.305 e. The van der Waals surface area contributed by atoms with Gasteiger partial charge < -0.3 is 18.9 Å². The molecular formula is C24H24O5. The van der Waals surface area contributed by atoms with Crippen LogP contribution in [0.1, 0.15) is 12.0 Å². The van der Waals surface area contributed by atoms with Gasteiger partial charge in [0.2, 0.25) is 0 Å². The summed E-state index contributed by atoms with van der Waals surface area (Å²) in [6.07, 6.45) is 0.873. The number of benzene rings is 3. The first-order chi connectivity index (χ1) is 14.1. The van der Waals surface area contributed by atoms with E-state index in [0.717, 1.165) is 33.9 Å². The highest BCUT2D eigenvalue weighted by Gasteiger charge is 2.09. The lowest BCUT2D eigenvalue weighted by atomic mass is 10.0. The number of carbonyl (C=O) groups excluding carboxylic acids is 1. The highest BCUT2D eigenvalue weighted by Crippen LogP contribution is 2.32. The summed E-state index contributed by atoms with van der Waals surface area (Å²) in [5.41, 5.74) is 2.97. The molecule has 3 rings (SSSR count). The lowest BCUT2D eigenvalue weighted by Gasteiger charge is -2.12. The molecule has 150 valence electrons. The molecule has 0 atom stereocenters. The summed E-state index contributed by atoms with van der Waals surface area (Å²) in [7, 11) is 4.66. The molecule has 0 fully saturated rings. The zero-order chi connectivity index (χ0) is 20.6. The number of esters is 1. The normalized spacial score (nSPS) is 10.3. The molecule has 0 radical (unpaired) electrons. The molecule has 0 heterocycles. The maximum atomic E-state index is 11.4. The summed E-state index contributed by atoms with van der Waals surface area (Å²) in [5.74, 6) is 2.68. The molecule has 0 saturated heterocycles. The molecule has 0 amide bonds. The fourth-order valence-corrected chi connectivity index (χ4v) is 2.97. The minimum Gasteiger partial charge on any atom is -0.497 e. The van der Waals surface area contributed by atoms with Crippen LogP contribution < -0.4 is 14.2 Å². The van der Waals surface area contributed by atoms with Crippen molar-refractivity contribution in [3.05, 3.63) is 72.3 Å². The van der Waals surface area contributed by atoms with Crippen LogP contribution in [0.3, 0.4) is 0 Å². The number of hydrogen-bond donors (Lipinski definition) is 0. The molecule has 0 saturated carbocycles. The van der Waals surface area contributed by atoms with Crippen molar-refractivity contribution < 1.29 is 23.7 Å². The lowest BCUT2D eigenvalue weighted by Crippen LogP contribution is -2.02. The fraction of sp³-hybridized carbons (Fsp3) is 0.208. The van der Waals surface area contributed by atoms with E-state index >= 15 is 0 Å². The number of aryl methyl sites for hydroxylation is 1. The van der Waals surface area contributed by atoms with Crippen molar-refractivity contribution in [3.63, 3.8) is 0 Å². The van der Waals surface area contributed by atoms with E-state index in [9.17, 15) is 4.79 Å². The van der Waals surface area contributed by atoms with E-state index in [2.05, 4.69) is 0 Å². The SMILES string of the molecule is COC(=O)CCc1ccccc1Oc1ccc(-c2cc(OC)cc(OC)c2)cc1. The van der Waals surface area contributed by atoms with E-state index in [1.54, 1.807) is 14.2 Å². The van der Waals surface area contributed by atoms with Crippen molar-refractivity contribution in [2.75, 3.05) is 21.3 Å². The van der Waals surface area contributed by atoms with E-state index < -0.39 is 0 Å². The Labute approximate surface area is 170 Å². The van der Waals surface area contributed by atoms with E-state index in [-0.39, 0.29) is 5.97 Å². The summed E-state index contributed by atoms with van der Waals surface area (Å²) in [6, 6.07) is 21.3. The van der Waals surface area contributed by atoms with Gasteiger partial charge in [0, 0.05) is 12.5 Å². The highest BCUT2D eigenvalue weighted by molar-refractivity contribution is 5.70. The first kappa shape index (κ1) is 20.3. The van der Waals surface area contributed by atoms with E-state index in [4.69, 9.17) is 18.9 Å². The van der Waals surface area contributed by atoms with Crippen molar-refractivity contribution in [2.24, 2.45) is 0 Å². The first-order valence-corrected chi connectivity index (χ1v) is 9.29. The predicted molar refractivity (Wildman–Crippen MR) is 112 cm³/mol. The Bertz CT molecular complexity index is 941. The van der Waals surface area contributed by atoms with Crippen LogP contribution in [-0.2, 0) is 16.0 Å². The summed E-state index contributed by atoms with van der Waals surface area (Å²) in [4.78, 5) is 11.4. The molecule has 0 spiro atoms. The van der Waals surface area contributed by atoms with Crippen LogP contribution in [0.15, 0.2) is 66.7 Å². The molecule has 0 N–H and O–H groups in total. The molecule has 0 aliphatic heterocycles. The molecule has 0 unspecified atom stereocenters. The number of rotatable bonds is 8. The Hall–Kier alpha value is -3.47. The second kappa shape index (κ2) is 9.64. The van der Waals surface area contributed by atoms with Gasteiger partial charge in [-0.05, 0) is 53.4 Å². The summed E-state index contributed by atoms with van der Waals surface area (Å²) >= 11 is 0. The van der Waals surface area contributed by atoms with E-state index in [0.29, 0.717) is 18.6 Å². The Kier molecular flexibility index (Phi) is 6.74. The first-order valence-electron chi connectivity index (χ1n) is 9.29. The summed E-state index contributed by atoms with van der Waals surface area (Å²) < 4.78 is 21.5. The zero-order valence-electron chi connectivity index (χ0n) is 16.8. The van der Waals surface area contributed by atoms with Crippen molar-refractivity contribution in [3.8, 4) is 34.1 Å². The highest BCUT2D eigenvalue weighted by atomic mass is 16.5. The third-order valence-corrected chi connectivity index (χ3v) is 4.57. The summed E-state index contributed by atoms with van der Waals surface area (Å²) in [6.45, 7) is 0. The van der Waals surface area contributed by atoms with Gasteiger partial charge in [0.15, 0.2) is 0 Å². The average Bonchev–Trinajstić information content (AvgIpc) is 2.78. The van der Waals surface area contributed by atoms with Gasteiger partial charge in [-0.1, -0.05) is 30.3 Å². The van der Waals surface area contributed by atoms with Crippen molar-refractivity contribution in [1.29, 1.82) is 0 Å². The quantitative estimate of drug-likeness (QED) is 0.489. The van der Waals surface area contributed by atoms with Crippen molar-refractivity contribution in [2.45, 2.75) is 12.8 Å². The molecule has 0 aliphatic carbocycles. The minimum absolute atomic E-state index is 0.238. The topological polar surface area (TPSA) is 54.0 Å². The van der Waals surface area contributed by atoms with Gasteiger partial charge >= 0.3 is 5.97 Å². The third kappa shape index (κ3) is 5.29.